The summed E-state index contributed by atoms with van der Waals surface area (Å²) in [5, 5.41) is 3.05. The van der Waals surface area contributed by atoms with Crippen LogP contribution in [0.3, 0.4) is 0 Å². The molecule has 2 aromatic rings. The Kier molecular flexibility index (Phi) is 7.82. The van der Waals surface area contributed by atoms with Crippen molar-refractivity contribution in [3.05, 3.63) is 48.3 Å². The van der Waals surface area contributed by atoms with Crippen LogP contribution >= 0.6 is 11.8 Å². The van der Waals surface area contributed by atoms with Gasteiger partial charge in [-0.2, -0.15) is 0 Å². The second kappa shape index (κ2) is 10.5. The first kappa shape index (κ1) is 20.8. The van der Waals surface area contributed by atoms with Gasteiger partial charge in [-0.1, -0.05) is 0 Å². The molecule has 0 unspecified atom stereocenters. The summed E-state index contributed by atoms with van der Waals surface area (Å²) in [6.07, 6.45) is 5.01. The van der Waals surface area contributed by atoms with Gasteiger partial charge in [0.2, 0.25) is 0 Å². The van der Waals surface area contributed by atoms with E-state index in [9.17, 15) is 4.79 Å². The number of amides is 2. The van der Waals surface area contributed by atoms with Gasteiger partial charge in [0.25, 0.3) is 0 Å². The number of hydrogen-bond donors (Lipinski definition) is 1. The molecule has 7 heteroatoms. The van der Waals surface area contributed by atoms with Gasteiger partial charge < -0.3 is 19.5 Å². The Morgan fingerprint density at radius 2 is 1.96 bits per heavy atom. The maximum Gasteiger partial charge on any atom is 0.322 e. The topological polar surface area (TPSA) is 49.7 Å². The van der Waals surface area contributed by atoms with E-state index in [0.717, 1.165) is 57.2 Å². The van der Waals surface area contributed by atoms with E-state index in [0.29, 0.717) is 6.54 Å². The number of carbonyl (C=O) groups excluding carboxylic acids is 1. The highest BCUT2D eigenvalue weighted by molar-refractivity contribution is 7.98. The van der Waals surface area contributed by atoms with Crippen molar-refractivity contribution >= 4 is 23.5 Å². The molecular formula is C21H30N4O2S. The van der Waals surface area contributed by atoms with Crippen LogP contribution < -0.4 is 5.32 Å². The van der Waals surface area contributed by atoms with Crippen LogP contribution in [0.25, 0.3) is 0 Å². The van der Waals surface area contributed by atoms with Gasteiger partial charge >= 0.3 is 6.03 Å². The lowest BCUT2D eigenvalue weighted by molar-refractivity contribution is 0.0365. The second-order valence-corrected chi connectivity index (χ2v) is 7.88. The van der Waals surface area contributed by atoms with Crippen molar-refractivity contribution < 1.29 is 9.53 Å². The lowest BCUT2D eigenvalue weighted by Gasteiger charge is -2.28. The van der Waals surface area contributed by atoms with Crippen molar-refractivity contribution in [2.24, 2.45) is 7.05 Å². The highest BCUT2D eigenvalue weighted by Gasteiger charge is 2.17. The largest absolute Gasteiger partial charge is 0.379 e. The van der Waals surface area contributed by atoms with Crippen molar-refractivity contribution in [2.45, 2.75) is 17.9 Å². The molecule has 1 N–H and O–H groups in total. The van der Waals surface area contributed by atoms with E-state index in [4.69, 9.17) is 4.74 Å². The SMILES string of the molecule is CSc1ccc(NC(=O)N(CCCN2CCOCC2)Cc2cccn2C)cc1. The Balaban J connectivity index is 1.60. The number of benzene rings is 1. The Bertz CT molecular complexity index is 741. The smallest absolute Gasteiger partial charge is 0.322 e. The average molecular weight is 403 g/mol. The lowest BCUT2D eigenvalue weighted by Crippen LogP contribution is -2.40. The monoisotopic (exact) mass is 402 g/mol. The number of urea groups is 1. The van der Waals surface area contributed by atoms with Crippen LogP contribution in [0.15, 0.2) is 47.5 Å². The van der Waals surface area contributed by atoms with E-state index in [1.807, 2.05) is 54.7 Å². The number of hydrogen-bond acceptors (Lipinski definition) is 4. The fourth-order valence-corrected chi connectivity index (χ4v) is 3.70. The third-order valence-corrected chi connectivity index (χ3v) is 5.78. The summed E-state index contributed by atoms with van der Waals surface area (Å²) < 4.78 is 7.48. The molecule has 0 atom stereocenters. The highest BCUT2D eigenvalue weighted by atomic mass is 32.2. The Hall–Kier alpha value is -1.96. The van der Waals surface area contributed by atoms with Gasteiger partial charge in [0.1, 0.15) is 0 Å². The molecule has 2 amide bonds. The highest BCUT2D eigenvalue weighted by Crippen LogP contribution is 2.18. The normalized spacial score (nSPS) is 14.8. The maximum atomic E-state index is 13.0. The minimum atomic E-state index is -0.0555. The molecule has 1 aromatic carbocycles. The number of morpholine rings is 1. The maximum absolute atomic E-state index is 13.0. The molecule has 0 bridgehead atoms. The second-order valence-electron chi connectivity index (χ2n) is 7.00. The van der Waals surface area contributed by atoms with Gasteiger partial charge in [0, 0.05) is 55.7 Å². The molecule has 0 spiro atoms. The molecule has 1 saturated heterocycles. The predicted molar refractivity (Wildman–Crippen MR) is 115 cm³/mol. The van der Waals surface area contributed by atoms with Crippen molar-refractivity contribution in [1.82, 2.24) is 14.4 Å². The van der Waals surface area contributed by atoms with Gasteiger partial charge in [-0.25, -0.2) is 4.79 Å². The van der Waals surface area contributed by atoms with Crippen LogP contribution in [0.1, 0.15) is 12.1 Å². The molecule has 0 aliphatic carbocycles. The van der Waals surface area contributed by atoms with Gasteiger partial charge in [0.15, 0.2) is 0 Å². The molecular weight excluding hydrogens is 372 g/mol. The fraction of sp³-hybridized carbons (Fsp3) is 0.476. The van der Waals surface area contributed by atoms with E-state index in [-0.39, 0.29) is 6.03 Å². The van der Waals surface area contributed by atoms with E-state index in [1.165, 1.54) is 4.90 Å². The van der Waals surface area contributed by atoms with E-state index >= 15 is 0 Å². The number of ether oxygens (including phenoxy) is 1. The number of nitrogens with one attached hydrogen (secondary N) is 1. The summed E-state index contributed by atoms with van der Waals surface area (Å²) in [4.78, 5) is 18.4. The predicted octanol–water partition coefficient (Wildman–Crippen LogP) is 3.50. The Morgan fingerprint density at radius 3 is 2.61 bits per heavy atom. The molecule has 1 aromatic heterocycles. The fourth-order valence-electron chi connectivity index (χ4n) is 3.30. The van der Waals surface area contributed by atoms with Crippen LogP contribution in [0.5, 0.6) is 0 Å². The summed E-state index contributed by atoms with van der Waals surface area (Å²) in [7, 11) is 2.01. The summed E-state index contributed by atoms with van der Waals surface area (Å²) >= 11 is 1.69. The van der Waals surface area contributed by atoms with Gasteiger partial charge in [-0.3, -0.25) is 4.90 Å². The van der Waals surface area contributed by atoms with Gasteiger partial charge in [-0.05, 0) is 49.1 Å². The molecule has 2 heterocycles. The molecule has 1 fully saturated rings. The lowest BCUT2D eigenvalue weighted by atomic mass is 10.3. The first-order chi connectivity index (χ1) is 13.7. The molecule has 3 rings (SSSR count). The zero-order valence-corrected chi connectivity index (χ0v) is 17.6. The number of rotatable bonds is 8. The van der Waals surface area contributed by atoms with E-state index in [2.05, 4.69) is 20.9 Å². The number of nitrogens with zero attached hydrogens (tertiary/aromatic N) is 3. The molecule has 0 radical (unpaired) electrons. The molecule has 1 aliphatic heterocycles. The summed E-state index contributed by atoms with van der Waals surface area (Å²) in [6, 6.07) is 12.0. The molecule has 6 nitrogen and oxygen atoms in total. The van der Waals surface area contributed by atoms with Crippen molar-refractivity contribution in [2.75, 3.05) is 51.0 Å². The quantitative estimate of drug-likeness (QED) is 0.687. The molecule has 1 aliphatic rings. The Labute approximate surface area is 171 Å². The van der Waals surface area contributed by atoms with Crippen molar-refractivity contribution in [3.8, 4) is 0 Å². The minimum Gasteiger partial charge on any atom is -0.379 e. The van der Waals surface area contributed by atoms with E-state index < -0.39 is 0 Å². The van der Waals surface area contributed by atoms with Crippen molar-refractivity contribution in [1.29, 1.82) is 0 Å². The summed E-state index contributed by atoms with van der Waals surface area (Å²) in [6.45, 7) is 5.87. The first-order valence-electron chi connectivity index (χ1n) is 9.76. The minimum absolute atomic E-state index is 0.0555. The number of anilines is 1. The van der Waals surface area contributed by atoms with Gasteiger partial charge in [0.05, 0.1) is 19.8 Å². The third-order valence-electron chi connectivity index (χ3n) is 5.04. The Morgan fingerprint density at radius 1 is 1.21 bits per heavy atom. The molecule has 28 heavy (non-hydrogen) atoms. The standard InChI is InChI=1S/C21H30N4O2S/c1-23-10-3-5-19(23)17-25(12-4-11-24-13-15-27-16-14-24)21(26)22-18-6-8-20(28-2)9-7-18/h3,5-10H,4,11-17H2,1-2H3,(H,22,26). The van der Waals surface area contributed by atoms with Crippen LogP contribution in [0.4, 0.5) is 10.5 Å². The van der Waals surface area contributed by atoms with Crippen LogP contribution in [-0.4, -0.2) is 66.0 Å². The molecule has 0 saturated carbocycles. The number of carbonyl (C=O) groups is 1. The van der Waals surface area contributed by atoms with Crippen LogP contribution in [-0.2, 0) is 18.3 Å². The summed E-state index contributed by atoms with van der Waals surface area (Å²) in [5.41, 5.74) is 1.95. The first-order valence-corrected chi connectivity index (χ1v) is 11.0. The molecule has 152 valence electrons. The number of aromatic nitrogens is 1. The van der Waals surface area contributed by atoms with E-state index in [1.54, 1.807) is 11.8 Å². The van der Waals surface area contributed by atoms with Crippen molar-refractivity contribution in [3.63, 3.8) is 0 Å². The van der Waals surface area contributed by atoms with Crippen LogP contribution in [0, 0.1) is 0 Å². The summed E-state index contributed by atoms with van der Waals surface area (Å²) in [5.74, 6) is 0. The zero-order chi connectivity index (χ0) is 19.8. The average Bonchev–Trinajstić information content (AvgIpc) is 3.13. The number of thioether (sulfide) groups is 1. The third kappa shape index (κ3) is 6.02. The van der Waals surface area contributed by atoms with Gasteiger partial charge in [-0.15, -0.1) is 11.8 Å². The zero-order valence-electron chi connectivity index (χ0n) is 16.8. The number of aryl methyl sites for hydroxylation is 1. The van der Waals surface area contributed by atoms with Crippen LogP contribution in [0.2, 0.25) is 0 Å².